The number of thiophene rings is 1. The van der Waals surface area contributed by atoms with Crippen LogP contribution in [-0.2, 0) is 16.2 Å². The van der Waals surface area contributed by atoms with Gasteiger partial charge in [0.05, 0.1) is 37.8 Å². The molecule has 47 heavy (non-hydrogen) atoms. The van der Waals surface area contributed by atoms with Gasteiger partial charge in [-0.15, -0.1) is 11.3 Å². The number of fused-ring (bicyclic) bond motifs is 14. The zero-order chi connectivity index (χ0) is 32.5. The van der Waals surface area contributed by atoms with Crippen LogP contribution in [0.2, 0.25) is 0 Å². The van der Waals surface area contributed by atoms with Crippen LogP contribution in [0.25, 0.3) is 85.6 Å². The second-order valence-corrected chi connectivity index (χ2v) is 18.2. The number of hydrogen-bond donors (Lipinski definition) is 0. The predicted molar refractivity (Wildman–Crippen MR) is 207 cm³/mol. The van der Waals surface area contributed by atoms with Crippen LogP contribution in [0.3, 0.4) is 0 Å². The molecule has 0 aliphatic carbocycles. The molecule has 3 heteroatoms. The third-order valence-corrected chi connectivity index (χ3v) is 12.2. The molecule has 0 bridgehead atoms. The Hall–Kier alpha value is -4.34. The molecule has 0 fully saturated rings. The fourth-order valence-electron chi connectivity index (χ4n) is 8.36. The standard InChI is InChI=1S/C44H40N2S/c1-42(2,3)23-14-15-34-27(16-23)30-17-24(43(4,5)6)18-31-28-21-29-32-19-25(44(7,8)9)20-33-39(32)46(36(29)22-35(28)45(34)38(30)31)40-26-12-10-11-13-37(26)47-41(33)40/h10-22H,1-9H3. The first-order chi connectivity index (χ1) is 22.2. The summed E-state index contributed by atoms with van der Waals surface area (Å²) in [7, 11) is 0. The normalized spacial score (nSPS) is 14.1. The Morgan fingerprint density at radius 3 is 1.53 bits per heavy atom. The first-order valence-electron chi connectivity index (χ1n) is 17.0. The largest absolute Gasteiger partial charge is 0.308 e. The number of benzene rings is 5. The molecular weight excluding hydrogens is 589 g/mol. The van der Waals surface area contributed by atoms with Crippen LogP contribution in [0.1, 0.15) is 79.0 Å². The summed E-state index contributed by atoms with van der Waals surface area (Å²) in [5.41, 5.74) is 12.3. The highest BCUT2D eigenvalue weighted by Gasteiger charge is 2.28. The highest BCUT2D eigenvalue weighted by Crippen LogP contribution is 2.49. The molecule has 0 aliphatic heterocycles. The molecule has 5 aromatic heterocycles. The van der Waals surface area contributed by atoms with Crippen LogP contribution >= 0.6 is 11.3 Å². The summed E-state index contributed by atoms with van der Waals surface area (Å²) in [5.74, 6) is 0. The van der Waals surface area contributed by atoms with E-state index in [1.165, 1.54) is 102 Å². The van der Waals surface area contributed by atoms with E-state index in [4.69, 9.17) is 0 Å². The van der Waals surface area contributed by atoms with Gasteiger partial charge in [-0.25, -0.2) is 0 Å². The molecular formula is C44H40N2S. The molecule has 2 nitrogen and oxygen atoms in total. The van der Waals surface area contributed by atoms with Crippen molar-refractivity contribution < 1.29 is 0 Å². The topological polar surface area (TPSA) is 8.82 Å². The van der Waals surface area contributed by atoms with Crippen LogP contribution in [0.4, 0.5) is 0 Å². The lowest BCUT2D eigenvalue weighted by atomic mass is 9.84. The quantitative estimate of drug-likeness (QED) is 0.158. The lowest BCUT2D eigenvalue weighted by Crippen LogP contribution is -2.11. The molecule has 0 radical (unpaired) electrons. The molecule has 0 N–H and O–H groups in total. The van der Waals surface area contributed by atoms with Crippen molar-refractivity contribution in [3.8, 4) is 0 Å². The van der Waals surface area contributed by atoms with Crippen molar-refractivity contribution in [2.45, 2.75) is 78.6 Å². The van der Waals surface area contributed by atoms with E-state index in [2.05, 4.69) is 150 Å². The van der Waals surface area contributed by atoms with Crippen molar-refractivity contribution in [2.24, 2.45) is 0 Å². The number of nitrogens with zero attached hydrogens (tertiary/aromatic N) is 2. The second kappa shape index (κ2) is 8.38. The molecule has 5 heterocycles. The fourth-order valence-corrected chi connectivity index (χ4v) is 9.56. The third-order valence-electron chi connectivity index (χ3n) is 11.0. The van der Waals surface area contributed by atoms with E-state index in [1.54, 1.807) is 0 Å². The summed E-state index contributed by atoms with van der Waals surface area (Å²) in [6, 6.07) is 31.1. The van der Waals surface area contributed by atoms with Crippen LogP contribution in [-0.4, -0.2) is 8.80 Å². The lowest BCUT2D eigenvalue weighted by molar-refractivity contribution is 0.590. The van der Waals surface area contributed by atoms with E-state index in [0.717, 1.165) is 0 Å². The average Bonchev–Trinajstić information content (AvgIpc) is 3.78. The molecule has 0 atom stereocenters. The van der Waals surface area contributed by atoms with Gasteiger partial charge in [0, 0.05) is 47.8 Å². The van der Waals surface area contributed by atoms with Crippen molar-refractivity contribution >= 4 is 96.9 Å². The van der Waals surface area contributed by atoms with Crippen molar-refractivity contribution in [1.82, 2.24) is 8.80 Å². The zero-order valence-electron chi connectivity index (χ0n) is 28.8. The van der Waals surface area contributed by atoms with E-state index in [1.807, 2.05) is 11.3 Å². The van der Waals surface area contributed by atoms with Gasteiger partial charge in [-0.05, 0) is 87.5 Å². The smallest absolute Gasteiger partial charge is 0.0728 e. The van der Waals surface area contributed by atoms with Gasteiger partial charge in [-0.3, -0.25) is 0 Å². The van der Waals surface area contributed by atoms with Gasteiger partial charge in [0.25, 0.3) is 0 Å². The van der Waals surface area contributed by atoms with E-state index < -0.39 is 0 Å². The molecule has 0 saturated heterocycles. The predicted octanol–water partition coefficient (Wildman–Crippen LogP) is 13.1. The maximum absolute atomic E-state index is 2.60. The number of aromatic nitrogens is 2. The fraction of sp³-hybridized carbons (Fsp3) is 0.273. The molecule has 0 amide bonds. The summed E-state index contributed by atoms with van der Waals surface area (Å²) in [6.07, 6.45) is 0. The first kappa shape index (κ1) is 27.7. The highest BCUT2D eigenvalue weighted by atomic mass is 32.1. The minimum Gasteiger partial charge on any atom is -0.308 e. The minimum absolute atomic E-state index is 0.0391. The maximum atomic E-state index is 2.60. The second-order valence-electron chi connectivity index (χ2n) is 17.2. The van der Waals surface area contributed by atoms with Gasteiger partial charge in [0.15, 0.2) is 0 Å². The van der Waals surface area contributed by atoms with Crippen LogP contribution in [0, 0.1) is 0 Å². The van der Waals surface area contributed by atoms with Gasteiger partial charge >= 0.3 is 0 Å². The Bertz CT molecular complexity index is 2940. The Labute approximate surface area is 278 Å². The maximum Gasteiger partial charge on any atom is 0.0728 e. The summed E-state index contributed by atoms with van der Waals surface area (Å²) in [4.78, 5) is 0. The third kappa shape index (κ3) is 3.46. The minimum atomic E-state index is 0.0391. The van der Waals surface area contributed by atoms with Crippen molar-refractivity contribution in [2.75, 3.05) is 0 Å². The Morgan fingerprint density at radius 1 is 0.404 bits per heavy atom. The summed E-state index contributed by atoms with van der Waals surface area (Å²) in [6.45, 7) is 21.0. The molecule has 5 aromatic carbocycles. The van der Waals surface area contributed by atoms with Gasteiger partial charge in [0.2, 0.25) is 0 Å². The Kier molecular flexibility index (Phi) is 4.95. The molecule has 0 unspecified atom stereocenters. The van der Waals surface area contributed by atoms with Gasteiger partial charge in [-0.1, -0.05) is 86.6 Å². The van der Waals surface area contributed by atoms with Crippen molar-refractivity contribution in [3.05, 3.63) is 95.6 Å². The monoisotopic (exact) mass is 628 g/mol. The SMILES string of the molecule is CC(C)(C)c1ccc2c(c1)c1cc(C(C)(C)C)cc3c4cc5c6cc(C(C)(C)C)cc7c8sc9ccccc9c8n(c5cc4n2c13)c67. The van der Waals surface area contributed by atoms with Crippen LogP contribution in [0.5, 0.6) is 0 Å². The van der Waals surface area contributed by atoms with E-state index in [0.29, 0.717) is 0 Å². The molecule has 0 spiro atoms. The first-order valence-corrected chi connectivity index (χ1v) is 17.8. The summed E-state index contributed by atoms with van der Waals surface area (Å²) < 4.78 is 7.93. The van der Waals surface area contributed by atoms with Crippen LogP contribution < -0.4 is 0 Å². The van der Waals surface area contributed by atoms with Crippen molar-refractivity contribution in [1.29, 1.82) is 0 Å². The van der Waals surface area contributed by atoms with E-state index >= 15 is 0 Å². The lowest BCUT2D eigenvalue weighted by Gasteiger charge is -2.20. The molecule has 10 rings (SSSR count). The van der Waals surface area contributed by atoms with E-state index in [9.17, 15) is 0 Å². The van der Waals surface area contributed by atoms with Gasteiger partial charge in [0.1, 0.15) is 0 Å². The van der Waals surface area contributed by atoms with E-state index in [-0.39, 0.29) is 16.2 Å². The highest BCUT2D eigenvalue weighted by molar-refractivity contribution is 7.26. The Morgan fingerprint density at radius 2 is 0.915 bits per heavy atom. The summed E-state index contributed by atoms with van der Waals surface area (Å²) in [5, 5.41) is 10.9. The summed E-state index contributed by atoms with van der Waals surface area (Å²) >= 11 is 1.94. The van der Waals surface area contributed by atoms with Crippen molar-refractivity contribution in [3.63, 3.8) is 0 Å². The zero-order valence-corrected chi connectivity index (χ0v) is 29.6. The van der Waals surface area contributed by atoms with Gasteiger partial charge in [-0.2, -0.15) is 0 Å². The average molecular weight is 629 g/mol. The van der Waals surface area contributed by atoms with Crippen LogP contribution in [0.15, 0.2) is 78.9 Å². The molecule has 232 valence electrons. The van der Waals surface area contributed by atoms with Gasteiger partial charge < -0.3 is 8.80 Å². The number of rotatable bonds is 0. The molecule has 0 aliphatic rings. The number of hydrogen-bond acceptors (Lipinski definition) is 1. The molecule has 10 aromatic rings. The Balaban J connectivity index is 1.46. The molecule has 0 saturated carbocycles.